The molecule has 1 aromatic carbocycles. The van der Waals surface area contributed by atoms with Gasteiger partial charge in [0.05, 0.1) is 18.6 Å². The largest absolute Gasteiger partial charge is 0.466 e. The molecule has 1 aromatic rings. The van der Waals surface area contributed by atoms with E-state index in [-0.39, 0.29) is 34.9 Å². The highest BCUT2D eigenvalue weighted by molar-refractivity contribution is 6.30. The highest BCUT2D eigenvalue weighted by atomic mass is 35.5. The Morgan fingerprint density at radius 3 is 2.74 bits per heavy atom. The van der Waals surface area contributed by atoms with E-state index >= 15 is 0 Å². The van der Waals surface area contributed by atoms with Crippen LogP contribution in [0.2, 0.25) is 5.02 Å². The third-order valence-electron chi connectivity index (χ3n) is 2.10. The van der Waals surface area contributed by atoms with E-state index in [0.717, 1.165) is 0 Å². The smallest absolute Gasteiger partial charge is 0.387 e. The molecule has 102 valence electrons. The summed E-state index contributed by atoms with van der Waals surface area (Å²) in [7, 11) is 0. The number of ether oxygens (including phenoxy) is 2. The molecule has 0 amide bonds. The Balaban J connectivity index is 3.16. The minimum Gasteiger partial charge on any atom is -0.466 e. The van der Waals surface area contributed by atoms with Crippen LogP contribution in [0.4, 0.5) is 8.78 Å². The van der Waals surface area contributed by atoms with Crippen molar-refractivity contribution >= 4 is 17.6 Å². The number of carbonyl (C=O) groups is 1. The number of halogens is 3. The summed E-state index contributed by atoms with van der Waals surface area (Å²) in [5, 5.41) is 9.02. The number of hydrogen-bond acceptors (Lipinski definition) is 4. The van der Waals surface area contributed by atoms with Crippen molar-refractivity contribution in [2.45, 2.75) is 20.0 Å². The average molecular weight is 290 g/mol. The van der Waals surface area contributed by atoms with Gasteiger partial charge in [-0.25, -0.2) is 0 Å². The fraction of sp³-hybridized carbons (Fsp3) is 0.333. The fourth-order valence-corrected chi connectivity index (χ4v) is 1.70. The van der Waals surface area contributed by atoms with Crippen LogP contribution >= 0.6 is 11.6 Å². The molecule has 0 saturated heterocycles. The van der Waals surface area contributed by atoms with E-state index in [1.807, 2.05) is 0 Å². The van der Waals surface area contributed by atoms with Gasteiger partial charge in [0, 0.05) is 10.6 Å². The zero-order valence-electron chi connectivity index (χ0n) is 9.95. The molecule has 0 atom stereocenters. The molecule has 19 heavy (non-hydrogen) atoms. The Morgan fingerprint density at radius 2 is 2.21 bits per heavy atom. The molecule has 4 nitrogen and oxygen atoms in total. The van der Waals surface area contributed by atoms with Crippen LogP contribution in [0.1, 0.15) is 18.1 Å². The summed E-state index contributed by atoms with van der Waals surface area (Å²) >= 11 is 5.75. The van der Waals surface area contributed by atoms with Gasteiger partial charge < -0.3 is 9.47 Å². The monoisotopic (exact) mass is 289 g/mol. The van der Waals surface area contributed by atoms with Crippen molar-refractivity contribution < 1.29 is 23.0 Å². The van der Waals surface area contributed by atoms with Gasteiger partial charge in [0.25, 0.3) is 0 Å². The first-order valence-electron chi connectivity index (χ1n) is 5.30. The Labute approximate surface area is 113 Å². The van der Waals surface area contributed by atoms with Gasteiger partial charge in [0.15, 0.2) is 0 Å². The van der Waals surface area contributed by atoms with Gasteiger partial charge >= 0.3 is 12.6 Å². The second-order valence-electron chi connectivity index (χ2n) is 3.41. The van der Waals surface area contributed by atoms with E-state index in [0.29, 0.717) is 0 Å². The molecule has 0 unspecified atom stereocenters. The first-order valence-corrected chi connectivity index (χ1v) is 5.68. The van der Waals surface area contributed by atoms with Gasteiger partial charge in [0.1, 0.15) is 11.8 Å². The van der Waals surface area contributed by atoms with E-state index in [2.05, 4.69) is 4.74 Å². The van der Waals surface area contributed by atoms with Crippen LogP contribution in [0.3, 0.4) is 0 Å². The molecule has 0 aliphatic rings. The predicted octanol–water partition coefficient (Wildman–Crippen LogP) is 2.92. The molecule has 0 aliphatic carbocycles. The first kappa shape index (κ1) is 15.2. The lowest BCUT2D eigenvalue weighted by Crippen LogP contribution is -2.11. The van der Waals surface area contributed by atoms with Gasteiger partial charge in [0.2, 0.25) is 0 Å². The molecule has 0 heterocycles. The molecule has 0 saturated carbocycles. The lowest BCUT2D eigenvalue weighted by Gasteiger charge is -2.12. The number of hydrogen-bond donors (Lipinski definition) is 0. The summed E-state index contributed by atoms with van der Waals surface area (Å²) in [6.45, 7) is -1.32. The van der Waals surface area contributed by atoms with Gasteiger partial charge in [-0.05, 0) is 19.1 Å². The Bertz CT molecular complexity index is 514. The van der Waals surface area contributed by atoms with Crippen LogP contribution in [-0.2, 0) is 16.0 Å². The zero-order valence-corrected chi connectivity index (χ0v) is 10.7. The minimum atomic E-state index is -3.10. The standard InChI is InChI=1S/C12H10ClF2NO3/c1-2-18-10(17)5-7-3-9(13)4-8(6-16)11(7)19-12(14)15/h3-4,12H,2,5H2,1H3. The van der Waals surface area contributed by atoms with Crippen molar-refractivity contribution in [3.05, 3.63) is 28.3 Å². The minimum absolute atomic E-state index is 0.0859. The number of alkyl halides is 2. The number of nitriles is 1. The number of nitrogens with zero attached hydrogens (tertiary/aromatic N) is 1. The molecule has 0 bridgehead atoms. The molecule has 0 fully saturated rings. The van der Waals surface area contributed by atoms with E-state index < -0.39 is 12.6 Å². The SMILES string of the molecule is CCOC(=O)Cc1cc(Cl)cc(C#N)c1OC(F)F. The molecule has 1 rings (SSSR count). The van der Waals surface area contributed by atoms with Gasteiger partial charge in [-0.15, -0.1) is 0 Å². The lowest BCUT2D eigenvalue weighted by molar-refractivity contribution is -0.142. The summed E-state index contributed by atoms with van der Waals surface area (Å²) < 4.78 is 33.6. The van der Waals surface area contributed by atoms with Crippen molar-refractivity contribution in [1.82, 2.24) is 0 Å². The third kappa shape index (κ3) is 4.38. The molecule has 0 aromatic heterocycles. The lowest BCUT2D eigenvalue weighted by atomic mass is 10.1. The van der Waals surface area contributed by atoms with Crippen LogP contribution < -0.4 is 4.74 Å². The molecular formula is C12H10ClF2NO3. The molecular weight excluding hydrogens is 280 g/mol. The van der Waals surface area contributed by atoms with Gasteiger partial charge in [-0.1, -0.05) is 11.6 Å². The van der Waals surface area contributed by atoms with Crippen LogP contribution in [0, 0.1) is 11.3 Å². The Morgan fingerprint density at radius 1 is 1.53 bits per heavy atom. The van der Waals surface area contributed by atoms with E-state index in [1.54, 1.807) is 13.0 Å². The predicted molar refractivity (Wildman–Crippen MR) is 63.1 cm³/mol. The summed E-state index contributed by atoms with van der Waals surface area (Å²) in [5.41, 5.74) is -0.0742. The number of benzene rings is 1. The normalized spacial score (nSPS) is 10.1. The maximum atomic E-state index is 12.3. The second-order valence-corrected chi connectivity index (χ2v) is 3.85. The fourth-order valence-electron chi connectivity index (χ4n) is 1.46. The highest BCUT2D eigenvalue weighted by Crippen LogP contribution is 2.30. The third-order valence-corrected chi connectivity index (χ3v) is 2.32. The molecule has 0 aliphatic heterocycles. The topological polar surface area (TPSA) is 59.3 Å². The quantitative estimate of drug-likeness (QED) is 0.782. The number of esters is 1. The van der Waals surface area contributed by atoms with Crippen molar-refractivity contribution in [2.24, 2.45) is 0 Å². The van der Waals surface area contributed by atoms with Crippen molar-refractivity contribution in [2.75, 3.05) is 6.61 Å². The second kappa shape index (κ2) is 6.90. The van der Waals surface area contributed by atoms with Crippen LogP contribution in [-0.4, -0.2) is 19.2 Å². The van der Waals surface area contributed by atoms with Crippen molar-refractivity contribution in [1.29, 1.82) is 5.26 Å². The Kier molecular flexibility index (Phi) is 5.52. The Hall–Kier alpha value is -1.87. The maximum absolute atomic E-state index is 12.3. The van der Waals surface area contributed by atoms with Crippen LogP contribution in [0.5, 0.6) is 5.75 Å². The zero-order chi connectivity index (χ0) is 14.4. The van der Waals surface area contributed by atoms with Crippen molar-refractivity contribution in [3.63, 3.8) is 0 Å². The van der Waals surface area contributed by atoms with Crippen molar-refractivity contribution in [3.8, 4) is 11.8 Å². The summed E-state index contributed by atoms with van der Waals surface area (Å²) in [4.78, 5) is 11.4. The number of carbonyl (C=O) groups excluding carboxylic acids is 1. The van der Waals surface area contributed by atoms with Gasteiger partial charge in [-0.3, -0.25) is 4.79 Å². The highest BCUT2D eigenvalue weighted by Gasteiger charge is 2.18. The number of rotatable bonds is 5. The van der Waals surface area contributed by atoms with E-state index in [4.69, 9.17) is 21.6 Å². The van der Waals surface area contributed by atoms with Crippen LogP contribution in [0.15, 0.2) is 12.1 Å². The van der Waals surface area contributed by atoms with E-state index in [1.165, 1.54) is 12.1 Å². The maximum Gasteiger partial charge on any atom is 0.387 e. The summed E-state index contributed by atoms with van der Waals surface area (Å²) in [5.74, 6) is -0.970. The summed E-state index contributed by atoms with van der Waals surface area (Å²) in [6, 6.07) is 4.17. The molecule has 0 N–H and O–H groups in total. The molecule has 0 radical (unpaired) electrons. The first-order chi connectivity index (χ1) is 8.97. The van der Waals surface area contributed by atoms with E-state index in [9.17, 15) is 13.6 Å². The summed E-state index contributed by atoms with van der Waals surface area (Å²) in [6.07, 6.45) is -0.300. The molecule has 7 heteroatoms. The average Bonchev–Trinajstić information content (AvgIpc) is 2.31. The van der Waals surface area contributed by atoms with Crippen LogP contribution in [0.25, 0.3) is 0 Å². The van der Waals surface area contributed by atoms with Gasteiger partial charge in [-0.2, -0.15) is 14.0 Å². The molecule has 0 spiro atoms.